The number of nitrogens with two attached hydrogens (primary N) is 1. The molecule has 0 fully saturated rings. The second-order valence-corrected chi connectivity index (χ2v) is 10.1. The molecule has 0 atom stereocenters. The van der Waals surface area contributed by atoms with Crippen molar-refractivity contribution in [1.82, 2.24) is 15.0 Å². The number of carbonyl (C=O) groups excluding carboxylic acids is 1. The molecule has 0 spiro atoms. The predicted molar refractivity (Wildman–Crippen MR) is 136 cm³/mol. The number of sulfonamides is 1. The Hall–Kier alpha value is -3.87. The highest BCUT2D eigenvalue weighted by Gasteiger charge is 2.14. The van der Waals surface area contributed by atoms with Gasteiger partial charge >= 0.3 is 0 Å². The number of para-hydroxylation sites is 1. The van der Waals surface area contributed by atoms with Gasteiger partial charge in [0.1, 0.15) is 5.82 Å². The van der Waals surface area contributed by atoms with Gasteiger partial charge in [0.05, 0.1) is 34.3 Å². The zero-order chi connectivity index (χ0) is 25.7. The lowest BCUT2D eigenvalue weighted by molar-refractivity contribution is -0.118. The van der Waals surface area contributed by atoms with Gasteiger partial charge in [0.15, 0.2) is 5.16 Å². The number of nitrogens with one attached hydrogen (secondary N) is 1. The maximum Gasteiger partial charge on any atom is 0.262 e. The number of hydrazone groups is 1. The topological polar surface area (TPSA) is 137 Å². The quantitative estimate of drug-likeness (QED) is 0.157. The van der Waals surface area contributed by atoms with Crippen LogP contribution in [0.4, 0.5) is 4.39 Å². The van der Waals surface area contributed by atoms with Crippen molar-refractivity contribution in [2.45, 2.75) is 16.6 Å². The van der Waals surface area contributed by atoms with E-state index in [0.29, 0.717) is 27.2 Å². The number of thioether (sulfide) groups is 1. The number of amides is 1. The number of aromatic nitrogens is 2. The van der Waals surface area contributed by atoms with Gasteiger partial charge in [-0.3, -0.25) is 14.2 Å². The highest BCUT2D eigenvalue weighted by molar-refractivity contribution is 7.99. The number of primary sulfonamides is 1. The highest BCUT2D eigenvalue weighted by atomic mass is 32.2. The smallest absolute Gasteiger partial charge is 0.262 e. The summed E-state index contributed by atoms with van der Waals surface area (Å²) in [5.41, 5.74) is 3.84. The van der Waals surface area contributed by atoms with Crippen LogP contribution in [-0.2, 0) is 21.4 Å². The van der Waals surface area contributed by atoms with E-state index >= 15 is 0 Å². The summed E-state index contributed by atoms with van der Waals surface area (Å²) in [4.78, 5) is 30.1. The SMILES string of the molecule is NS(=O)(=O)c1ccc(Cn2c(SCC(=O)N/N=C/c3ccc(F)cc3)nc3ccccc3c2=O)cc1. The summed E-state index contributed by atoms with van der Waals surface area (Å²) >= 11 is 1.06. The number of hydrogen-bond acceptors (Lipinski definition) is 7. The van der Waals surface area contributed by atoms with Crippen LogP contribution >= 0.6 is 11.8 Å². The number of rotatable bonds is 8. The first kappa shape index (κ1) is 25.2. The van der Waals surface area contributed by atoms with Gasteiger partial charge in [-0.05, 0) is 47.5 Å². The van der Waals surface area contributed by atoms with E-state index in [4.69, 9.17) is 5.14 Å². The Balaban J connectivity index is 1.54. The van der Waals surface area contributed by atoms with Crippen LogP contribution < -0.4 is 16.1 Å². The molecule has 0 bridgehead atoms. The van der Waals surface area contributed by atoms with Gasteiger partial charge in [0.2, 0.25) is 10.0 Å². The molecular weight excluding hydrogens is 505 g/mol. The van der Waals surface area contributed by atoms with Crippen molar-refractivity contribution in [1.29, 1.82) is 0 Å². The molecule has 9 nitrogen and oxygen atoms in total. The van der Waals surface area contributed by atoms with E-state index in [1.807, 2.05) is 0 Å². The molecule has 0 aliphatic heterocycles. The molecule has 0 saturated heterocycles. The number of carbonyl (C=O) groups is 1. The largest absolute Gasteiger partial charge is 0.283 e. The average Bonchev–Trinajstić information content (AvgIpc) is 2.86. The van der Waals surface area contributed by atoms with Crippen LogP contribution in [0.15, 0.2) is 92.7 Å². The Morgan fingerprint density at radius 1 is 1.08 bits per heavy atom. The first-order chi connectivity index (χ1) is 17.2. The van der Waals surface area contributed by atoms with Crippen molar-refractivity contribution >= 4 is 44.8 Å². The first-order valence-corrected chi connectivity index (χ1v) is 13.1. The summed E-state index contributed by atoms with van der Waals surface area (Å²) < 4.78 is 37.5. The Morgan fingerprint density at radius 3 is 2.47 bits per heavy atom. The number of fused-ring (bicyclic) bond motifs is 1. The minimum absolute atomic E-state index is 0.0392. The van der Waals surface area contributed by atoms with Crippen LogP contribution in [0.2, 0.25) is 0 Å². The third-order valence-corrected chi connectivity index (χ3v) is 6.93. The summed E-state index contributed by atoms with van der Waals surface area (Å²) in [6.07, 6.45) is 1.39. The van der Waals surface area contributed by atoms with Gasteiger partial charge in [-0.25, -0.2) is 28.4 Å². The van der Waals surface area contributed by atoms with Gasteiger partial charge in [-0.15, -0.1) is 0 Å². The lowest BCUT2D eigenvalue weighted by atomic mass is 10.2. The zero-order valence-corrected chi connectivity index (χ0v) is 20.3. The minimum Gasteiger partial charge on any atom is -0.283 e. The average molecular weight is 526 g/mol. The molecule has 184 valence electrons. The van der Waals surface area contributed by atoms with Gasteiger partial charge in [-0.2, -0.15) is 5.10 Å². The molecule has 1 amide bonds. The molecule has 0 aliphatic rings. The molecular formula is C24H20FN5O4S2. The van der Waals surface area contributed by atoms with Crippen LogP contribution in [0.25, 0.3) is 10.9 Å². The van der Waals surface area contributed by atoms with Gasteiger partial charge in [-0.1, -0.05) is 48.2 Å². The van der Waals surface area contributed by atoms with E-state index in [9.17, 15) is 22.4 Å². The van der Waals surface area contributed by atoms with Crippen LogP contribution in [0, 0.1) is 5.82 Å². The summed E-state index contributed by atoms with van der Waals surface area (Å²) in [5.74, 6) is -0.873. The van der Waals surface area contributed by atoms with E-state index in [-0.39, 0.29) is 28.6 Å². The molecule has 1 aromatic heterocycles. The van der Waals surface area contributed by atoms with Gasteiger partial charge in [0.25, 0.3) is 11.5 Å². The maximum absolute atomic E-state index is 13.2. The minimum atomic E-state index is -3.84. The lowest BCUT2D eigenvalue weighted by Gasteiger charge is -2.13. The normalized spacial score (nSPS) is 11.7. The summed E-state index contributed by atoms with van der Waals surface area (Å²) in [5, 5.41) is 9.74. The van der Waals surface area contributed by atoms with E-state index in [0.717, 1.165) is 11.8 Å². The van der Waals surface area contributed by atoms with Crippen molar-refractivity contribution < 1.29 is 17.6 Å². The fourth-order valence-corrected chi connectivity index (χ4v) is 4.56. The molecule has 3 aromatic carbocycles. The second kappa shape index (κ2) is 10.8. The summed E-state index contributed by atoms with van der Waals surface area (Å²) in [6.45, 7) is 0.105. The van der Waals surface area contributed by atoms with Crippen LogP contribution in [0.5, 0.6) is 0 Å². The molecule has 0 unspecified atom stereocenters. The molecule has 36 heavy (non-hydrogen) atoms. The molecule has 0 saturated carbocycles. The monoisotopic (exact) mass is 525 g/mol. The van der Waals surface area contributed by atoms with Crippen LogP contribution in [0.1, 0.15) is 11.1 Å². The second-order valence-electron chi connectivity index (χ2n) is 7.63. The standard InChI is InChI=1S/C24H20FN5O4S2/c25-18-9-5-16(6-10-18)13-27-29-22(31)15-35-24-28-21-4-2-1-3-20(21)23(32)30(24)14-17-7-11-19(12-8-17)36(26,33)34/h1-13H,14-15H2,(H,29,31)(H2,26,33,34)/b27-13+. The highest BCUT2D eigenvalue weighted by Crippen LogP contribution is 2.19. The lowest BCUT2D eigenvalue weighted by Crippen LogP contribution is -2.25. The number of nitrogens with zero attached hydrogens (tertiary/aromatic N) is 3. The fourth-order valence-electron chi connectivity index (χ4n) is 3.25. The molecule has 4 rings (SSSR count). The maximum atomic E-state index is 13.2. The van der Waals surface area contributed by atoms with Crippen molar-refractivity contribution in [2.24, 2.45) is 10.2 Å². The van der Waals surface area contributed by atoms with Crippen molar-refractivity contribution in [2.75, 3.05) is 5.75 Å². The summed E-state index contributed by atoms with van der Waals surface area (Å²) in [7, 11) is -3.84. The fraction of sp³-hybridized carbons (Fsp3) is 0.0833. The van der Waals surface area contributed by atoms with Crippen molar-refractivity contribution in [3.05, 3.63) is 100 Å². The molecule has 12 heteroatoms. The molecule has 0 radical (unpaired) electrons. The number of hydrogen-bond donors (Lipinski definition) is 2. The van der Waals surface area contributed by atoms with Gasteiger partial charge < -0.3 is 0 Å². The first-order valence-electron chi connectivity index (χ1n) is 10.5. The van der Waals surface area contributed by atoms with Crippen LogP contribution in [0.3, 0.4) is 0 Å². The Kier molecular flexibility index (Phi) is 7.58. The molecule has 1 heterocycles. The molecule has 4 aromatic rings. The Morgan fingerprint density at radius 2 is 1.78 bits per heavy atom. The van der Waals surface area contributed by atoms with Crippen LogP contribution in [-0.4, -0.2) is 35.8 Å². The third-order valence-electron chi connectivity index (χ3n) is 5.02. The summed E-state index contributed by atoms with van der Waals surface area (Å²) in [6, 6.07) is 18.3. The van der Waals surface area contributed by atoms with Crippen molar-refractivity contribution in [3.63, 3.8) is 0 Å². The van der Waals surface area contributed by atoms with Gasteiger partial charge in [0, 0.05) is 0 Å². The predicted octanol–water partition coefficient (Wildman–Crippen LogP) is 2.47. The van der Waals surface area contributed by atoms with E-state index in [2.05, 4.69) is 15.5 Å². The van der Waals surface area contributed by atoms with Crippen molar-refractivity contribution in [3.8, 4) is 0 Å². The van der Waals surface area contributed by atoms with E-state index < -0.39 is 15.9 Å². The number of benzene rings is 3. The molecule has 0 aliphatic carbocycles. The Labute approximate surface area is 209 Å². The Bertz CT molecular complexity index is 1600. The third kappa shape index (κ3) is 6.22. The van der Waals surface area contributed by atoms with E-state index in [1.165, 1.54) is 47.2 Å². The molecule has 3 N–H and O–H groups in total. The number of halogens is 1. The van der Waals surface area contributed by atoms with E-state index in [1.54, 1.807) is 36.4 Å². The zero-order valence-electron chi connectivity index (χ0n) is 18.7.